The van der Waals surface area contributed by atoms with Crippen LogP contribution < -0.4 is 4.74 Å². The number of ether oxygens (including phenoxy) is 1. The van der Waals surface area contributed by atoms with Gasteiger partial charge < -0.3 is 9.64 Å². The van der Waals surface area contributed by atoms with Crippen molar-refractivity contribution in [3.63, 3.8) is 0 Å². The molecule has 0 aromatic heterocycles. The molecule has 2 rings (SSSR count). The molecule has 0 aliphatic heterocycles. The molecule has 7 heteroatoms. The maximum absolute atomic E-state index is 12.7. The van der Waals surface area contributed by atoms with Crippen LogP contribution in [0.5, 0.6) is 5.75 Å². The number of halogens is 1. The van der Waals surface area contributed by atoms with Crippen molar-refractivity contribution in [3.05, 3.63) is 68.7 Å². The average molecular weight is 349 g/mol. The molecule has 1 atom stereocenters. The van der Waals surface area contributed by atoms with Crippen LogP contribution in [0.25, 0.3) is 0 Å². The normalized spacial score (nSPS) is 11.7. The van der Waals surface area contributed by atoms with Gasteiger partial charge in [0.1, 0.15) is 5.75 Å². The topological polar surface area (TPSA) is 72.7 Å². The SMILES string of the molecule is COc1ccccc1[C@H](C)N(C)C(=O)c1ccc([N+](=O)[O-])cc1Cl. The molecule has 0 spiro atoms. The van der Waals surface area contributed by atoms with Crippen molar-refractivity contribution in [2.75, 3.05) is 14.2 Å². The third-order valence-electron chi connectivity index (χ3n) is 3.88. The Morgan fingerprint density at radius 1 is 1.29 bits per heavy atom. The Bertz CT molecular complexity index is 779. The van der Waals surface area contributed by atoms with Crippen LogP contribution >= 0.6 is 11.6 Å². The van der Waals surface area contributed by atoms with E-state index < -0.39 is 4.92 Å². The lowest BCUT2D eigenvalue weighted by molar-refractivity contribution is -0.384. The smallest absolute Gasteiger partial charge is 0.270 e. The molecule has 126 valence electrons. The number of carbonyl (C=O) groups is 1. The second-order valence-corrected chi connectivity index (χ2v) is 5.66. The van der Waals surface area contributed by atoms with E-state index in [1.807, 2.05) is 31.2 Å². The zero-order valence-corrected chi connectivity index (χ0v) is 14.3. The molecule has 2 aromatic carbocycles. The highest BCUT2D eigenvalue weighted by Gasteiger charge is 2.24. The summed E-state index contributed by atoms with van der Waals surface area (Å²) in [5.41, 5.74) is 0.914. The molecule has 0 aliphatic rings. The van der Waals surface area contributed by atoms with Crippen molar-refractivity contribution >= 4 is 23.2 Å². The van der Waals surface area contributed by atoms with Crippen molar-refractivity contribution in [1.82, 2.24) is 4.90 Å². The first-order valence-electron chi connectivity index (χ1n) is 7.20. The number of hydrogen-bond donors (Lipinski definition) is 0. The quantitative estimate of drug-likeness (QED) is 0.602. The van der Waals surface area contributed by atoms with Crippen LogP contribution in [0.4, 0.5) is 5.69 Å². The molecular weight excluding hydrogens is 332 g/mol. The molecule has 0 unspecified atom stereocenters. The first-order valence-corrected chi connectivity index (χ1v) is 7.58. The van der Waals surface area contributed by atoms with Gasteiger partial charge in [0, 0.05) is 24.7 Å². The van der Waals surface area contributed by atoms with E-state index in [9.17, 15) is 14.9 Å². The number of benzene rings is 2. The van der Waals surface area contributed by atoms with Gasteiger partial charge in [0.05, 0.1) is 28.7 Å². The Balaban J connectivity index is 2.30. The predicted octanol–water partition coefficient (Wildman–Crippen LogP) is 4.09. The molecule has 0 heterocycles. The minimum absolute atomic E-state index is 0.0493. The molecule has 0 bridgehead atoms. The second-order valence-electron chi connectivity index (χ2n) is 5.26. The Labute approximate surface area is 144 Å². The van der Waals surface area contributed by atoms with Gasteiger partial charge in [-0.25, -0.2) is 0 Å². The number of methoxy groups -OCH3 is 1. The maximum atomic E-state index is 12.7. The molecular formula is C17H17ClN2O4. The van der Waals surface area contributed by atoms with Crippen LogP contribution in [-0.4, -0.2) is 29.9 Å². The Hall–Kier alpha value is -2.60. The summed E-state index contributed by atoms with van der Waals surface area (Å²) in [5, 5.41) is 10.8. The summed E-state index contributed by atoms with van der Waals surface area (Å²) in [6, 6.07) is 11.0. The number of non-ortho nitro benzene ring substituents is 1. The van der Waals surface area contributed by atoms with Gasteiger partial charge in [-0.05, 0) is 19.1 Å². The molecule has 0 saturated heterocycles. The average Bonchev–Trinajstić information content (AvgIpc) is 2.59. The fourth-order valence-corrected chi connectivity index (χ4v) is 2.63. The number of nitro groups is 1. The molecule has 1 amide bonds. The molecule has 0 fully saturated rings. The summed E-state index contributed by atoms with van der Waals surface area (Å²) >= 11 is 6.05. The number of para-hydroxylation sites is 1. The van der Waals surface area contributed by atoms with E-state index in [4.69, 9.17) is 16.3 Å². The maximum Gasteiger partial charge on any atom is 0.270 e. The van der Waals surface area contributed by atoms with E-state index in [1.54, 1.807) is 14.2 Å². The Morgan fingerprint density at radius 2 is 1.96 bits per heavy atom. The number of nitro benzene ring substituents is 1. The molecule has 0 saturated carbocycles. The molecule has 2 aromatic rings. The molecule has 0 aliphatic carbocycles. The van der Waals surface area contributed by atoms with Crippen LogP contribution in [0.15, 0.2) is 42.5 Å². The fraction of sp³-hybridized carbons (Fsp3) is 0.235. The largest absolute Gasteiger partial charge is 0.496 e. The molecule has 0 N–H and O–H groups in total. The zero-order chi connectivity index (χ0) is 17.9. The van der Waals surface area contributed by atoms with E-state index in [2.05, 4.69) is 0 Å². The Kier molecular flexibility index (Phi) is 5.41. The predicted molar refractivity (Wildman–Crippen MR) is 91.6 cm³/mol. The monoisotopic (exact) mass is 348 g/mol. The second kappa shape index (κ2) is 7.31. The van der Waals surface area contributed by atoms with Crippen LogP contribution in [0, 0.1) is 10.1 Å². The van der Waals surface area contributed by atoms with E-state index in [-0.39, 0.29) is 28.2 Å². The highest BCUT2D eigenvalue weighted by atomic mass is 35.5. The van der Waals surface area contributed by atoms with Gasteiger partial charge in [-0.1, -0.05) is 29.8 Å². The van der Waals surface area contributed by atoms with Crippen molar-refractivity contribution < 1.29 is 14.5 Å². The van der Waals surface area contributed by atoms with Crippen molar-refractivity contribution in [1.29, 1.82) is 0 Å². The summed E-state index contributed by atoms with van der Waals surface area (Å²) in [7, 11) is 3.22. The number of carbonyl (C=O) groups excluding carboxylic acids is 1. The number of rotatable bonds is 5. The minimum atomic E-state index is -0.554. The van der Waals surface area contributed by atoms with Gasteiger partial charge in [0.15, 0.2) is 0 Å². The highest BCUT2D eigenvalue weighted by Crippen LogP contribution is 2.30. The number of amides is 1. The molecule has 24 heavy (non-hydrogen) atoms. The first kappa shape index (κ1) is 17.7. The van der Waals surface area contributed by atoms with E-state index in [0.717, 1.165) is 5.56 Å². The van der Waals surface area contributed by atoms with Gasteiger partial charge in [0.2, 0.25) is 0 Å². The van der Waals surface area contributed by atoms with Crippen LogP contribution in [0.2, 0.25) is 5.02 Å². The van der Waals surface area contributed by atoms with Crippen LogP contribution in [-0.2, 0) is 0 Å². The highest BCUT2D eigenvalue weighted by molar-refractivity contribution is 6.34. The standard InChI is InChI=1S/C17H17ClN2O4/c1-11(13-6-4-5-7-16(13)24-3)19(2)17(21)14-9-8-12(20(22)23)10-15(14)18/h4-11H,1-3H3/t11-/m0/s1. The molecule has 0 radical (unpaired) electrons. The van der Waals surface area contributed by atoms with E-state index >= 15 is 0 Å². The van der Waals surface area contributed by atoms with Crippen molar-refractivity contribution in [3.8, 4) is 5.75 Å². The van der Waals surface area contributed by atoms with Gasteiger partial charge in [-0.3, -0.25) is 14.9 Å². The van der Waals surface area contributed by atoms with Crippen molar-refractivity contribution in [2.24, 2.45) is 0 Å². The summed E-state index contributed by atoms with van der Waals surface area (Å²) in [4.78, 5) is 24.4. The number of nitrogens with zero attached hydrogens (tertiary/aromatic N) is 2. The lowest BCUT2D eigenvalue weighted by Crippen LogP contribution is -2.30. The van der Waals surface area contributed by atoms with Crippen LogP contribution in [0.1, 0.15) is 28.9 Å². The number of hydrogen-bond acceptors (Lipinski definition) is 4. The fourth-order valence-electron chi connectivity index (χ4n) is 2.38. The zero-order valence-electron chi connectivity index (χ0n) is 13.5. The summed E-state index contributed by atoms with van der Waals surface area (Å²) in [6.45, 7) is 1.87. The van der Waals surface area contributed by atoms with Gasteiger partial charge in [-0.2, -0.15) is 0 Å². The van der Waals surface area contributed by atoms with Gasteiger partial charge in [0.25, 0.3) is 11.6 Å². The van der Waals surface area contributed by atoms with Crippen molar-refractivity contribution in [2.45, 2.75) is 13.0 Å². The summed E-state index contributed by atoms with van der Waals surface area (Å²) < 4.78 is 5.33. The van der Waals surface area contributed by atoms with Gasteiger partial charge in [-0.15, -0.1) is 0 Å². The molecule has 6 nitrogen and oxygen atoms in total. The van der Waals surface area contributed by atoms with Crippen LogP contribution in [0.3, 0.4) is 0 Å². The lowest BCUT2D eigenvalue weighted by atomic mass is 10.0. The first-order chi connectivity index (χ1) is 11.4. The summed E-state index contributed by atoms with van der Waals surface area (Å²) in [6.07, 6.45) is 0. The van der Waals surface area contributed by atoms with Gasteiger partial charge >= 0.3 is 0 Å². The minimum Gasteiger partial charge on any atom is -0.496 e. The third-order valence-corrected chi connectivity index (χ3v) is 4.20. The Morgan fingerprint density at radius 3 is 2.54 bits per heavy atom. The third kappa shape index (κ3) is 3.49. The lowest BCUT2D eigenvalue weighted by Gasteiger charge is -2.27. The van der Waals surface area contributed by atoms with E-state index in [0.29, 0.717) is 5.75 Å². The van der Waals surface area contributed by atoms with E-state index in [1.165, 1.54) is 23.1 Å². The summed E-state index contributed by atoms with van der Waals surface area (Å²) in [5.74, 6) is 0.354.